The van der Waals surface area contributed by atoms with Crippen LogP contribution in [0.4, 0.5) is 0 Å². The van der Waals surface area contributed by atoms with Gasteiger partial charge in [0, 0.05) is 0 Å². The molecule has 0 N–H and O–H groups in total. The summed E-state index contributed by atoms with van der Waals surface area (Å²) < 4.78 is 9.45. The molecule has 2 fully saturated rings. The van der Waals surface area contributed by atoms with E-state index in [1.54, 1.807) is 0 Å². The van der Waals surface area contributed by atoms with Crippen LogP contribution in [0.5, 0.6) is 0 Å². The molecule has 0 aromatic carbocycles. The lowest BCUT2D eigenvalue weighted by Crippen LogP contribution is -2.49. The molecule has 0 spiro atoms. The zero-order valence-electron chi connectivity index (χ0n) is 10.5. The number of rotatable bonds is 3. The molecule has 1 aromatic heterocycles. The first-order valence-corrected chi connectivity index (χ1v) is 7.30. The maximum Gasteiger partial charge on any atom is 0.268 e. The van der Waals surface area contributed by atoms with Crippen LogP contribution >= 0.6 is 11.5 Å². The zero-order chi connectivity index (χ0) is 12.5. The summed E-state index contributed by atoms with van der Waals surface area (Å²) >= 11 is 1.23. The Morgan fingerprint density at radius 2 is 2.17 bits per heavy atom. The van der Waals surface area contributed by atoms with Gasteiger partial charge in [-0.05, 0) is 30.8 Å². The predicted octanol–water partition coefficient (Wildman–Crippen LogP) is 1.49. The molecule has 2 atom stereocenters. The van der Waals surface area contributed by atoms with Crippen LogP contribution in [0.2, 0.25) is 0 Å². The summed E-state index contributed by atoms with van der Waals surface area (Å²) in [7, 11) is 0. The van der Waals surface area contributed by atoms with Crippen molar-refractivity contribution in [1.82, 2.24) is 14.5 Å². The van der Waals surface area contributed by atoms with Crippen molar-refractivity contribution in [3.63, 3.8) is 0 Å². The maximum absolute atomic E-state index is 12.6. The van der Waals surface area contributed by atoms with Crippen LogP contribution in [0.3, 0.4) is 0 Å². The fourth-order valence-corrected chi connectivity index (χ4v) is 3.50. The minimum absolute atomic E-state index is 0.115. The van der Waals surface area contributed by atoms with Gasteiger partial charge in [0.1, 0.15) is 4.88 Å². The number of carbonyl (C=O) groups excluding carboxylic acids is 1. The van der Waals surface area contributed by atoms with E-state index in [-0.39, 0.29) is 18.0 Å². The number of carbonyl (C=O) groups is 1. The van der Waals surface area contributed by atoms with Gasteiger partial charge >= 0.3 is 0 Å². The third-order valence-corrected chi connectivity index (χ3v) is 4.47. The molecule has 1 aromatic rings. The van der Waals surface area contributed by atoms with Crippen molar-refractivity contribution in [2.45, 2.75) is 44.7 Å². The van der Waals surface area contributed by atoms with E-state index in [0.717, 1.165) is 36.3 Å². The van der Waals surface area contributed by atoms with Crippen molar-refractivity contribution in [1.29, 1.82) is 0 Å². The molecule has 3 heterocycles. The normalized spacial score (nSPS) is 26.6. The van der Waals surface area contributed by atoms with E-state index in [2.05, 4.69) is 16.5 Å². The molecule has 0 aliphatic carbocycles. The lowest BCUT2D eigenvalue weighted by Gasteiger charge is -2.34. The lowest BCUT2D eigenvalue weighted by atomic mass is 10.2. The second-order valence-corrected chi connectivity index (χ2v) is 5.69. The Labute approximate surface area is 110 Å². The second-order valence-electron chi connectivity index (χ2n) is 4.93. The third-order valence-electron chi connectivity index (χ3n) is 3.71. The van der Waals surface area contributed by atoms with E-state index in [0.29, 0.717) is 13.2 Å². The maximum atomic E-state index is 12.6. The van der Waals surface area contributed by atoms with Crippen LogP contribution in [-0.4, -0.2) is 45.7 Å². The summed E-state index contributed by atoms with van der Waals surface area (Å²) in [5.74, 6) is 0.115. The zero-order valence-corrected chi connectivity index (χ0v) is 11.3. The lowest BCUT2D eigenvalue weighted by molar-refractivity contribution is -0.00696. The van der Waals surface area contributed by atoms with Gasteiger partial charge in [-0.15, -0.1) is 5.10 Å². The van der Waals surface area contributed by atoms with Crippen molar-refractivity contribution in [3.05, 3.63) is 10.6 Å². The summed E-state index contributed by atoms with van der Waals surface area (Å²) in [6.07, 6.45) is 3.94. The highest BCUT2D eigenvalue weighted by atomic mass is 32.1. The number of nitrogens with zero attached hydrogens (tertiary/aromatic N) is 3. The van der Waals surface area contributed by atoms with E-state index >= 15 is 0 Å². The first-order valence-electron chi connectivity index (χ1n) is 6.53. The smallest absolute Gasteiger partial charge is 0.268 e. The molecule has 2 bridgehead atoms. The molecule has 2 saturated heterocycles. The van der Waals surface area contributed by atoms with Gasteiger partial charge in [-0.1, -0.05) is 17.8 Å². The number of aromatic nitrogens is 2. The number of morpholine rings is 1. The average molecular weight is 267 g/mol. The molecule has 6 heteroatoms. The first kappa shape index (κ1) is 12.0. The molecule has 5 nitrogen and oxygen atoms in total. The van der Waals surface area contributed by atoms with Gasteiger partial charge in [-0.25, -0.2) is 0 Å². The Morgan fingerprint density at radius 3 is 2.83 bits per heavy atom. The van der Waals surface area contributed by atoms with Gasteiger partial charge < -0.3 is 9.64 Å². The summed E-state index contributed by atoms with van der Waals surface area (Å²) in [6, 6.07) is 0.514. The Morgan fingerprint density at radius 1 is 1.44 bits per heavy atom. The minimum Gasteiger partial charge on any atom is -0.377 e. The minimum atomic E-state index is 0.115. The van der Waals surface area contributed by atoms with E-state index in [4.69, 9.17) is 4.74 Å². The number of ether oxygens (including phenoxy) is 1. The predicted molar refractivity (Wildman–Crippen MR) is 67.7 cm³/mol. The molecule has 2 aliphatic heterocycles. The van der Waals surface area contributed by atoms with Crippen LogP contribution in [0, 0.1) is 0 Å². The number of aryl methyl sites for hydroxylation is 1. The van der Waals surface area contributed by atoms with Gasteiger partial charge in [0.2, 0.25) is 0 Å². The van der Waals surface area contributed by atoms with Gasteiger partial charge in [0.15, 0.2) is 0 Å². The molecule has 0 unspecified atom stereocenters. The van der Waals surface area contributed by atoms with Crippen molar-refractivity contribution in [3.8, 4) is 0 Å². The molecule has 18 heavy (non-hydrogen) atoms. The summed E-state index contributed by atoms with van der Waals surface area (Å²) in [6.45, 7) is 3.45. The van der Waals surface area contributed by atoms with Gasteiger partial charge in [-0.2, -0.15) is 0 Å². The van der Waals surface area contributed by atoms with Crippen molar-refractivity contribution in [2.75, 3.05) is 13.2 Å². The van der Waals surface area contributed by atoms with Crippen molar-refractivity contribution >= 4 is 17.4 Å². The van der Waals surface area contributed by atoms with Crippen LogP contribution in [0.15, 0.2) is 0 Å². The molecular weight excluding hydrogens is 250 g/mol. The number of amides is 1. The summed E-state index contributed by atoms with van der Waals surface area (Å²) in [5.41, 5.74) is 0.860. The van der Waals surface area contributed by atoms with E-state index in [1.807, 2.05) is 4.90 Å². The largest absolute Gasteiger partial charge is 0.377 e. The first-order chi connectivity index (χ1) is 8.81. The van der Waals surface area contributed by atoms with E-state index in [9.17, 15) is 4.79 Å². The third kappa shape index (κ3) is 1.93. The van der Waals surface area contributed by atoms with Gasteiger partial charge in [0.05, 0.1) is 31.0 Å². The second kappa shape index (κ2) is 4.93. The highest BCUT2D eigenvalue weighted by molar-refractivity contribution is 7.08. The molecule has 0 saturated carbocycles. The molecule has 1 amide bonds. The van der Waals surface area contributed by atoms with Gasteiger partial charge in [-0.3, -0.25) is 4.79 Å². The Balaban J connectivity index is 1.83. The SMILES string of the molecule is CCCc1nnsc1C(=O)N1[C@@H]2CC[C@@H]1COC2. The van der Waals surface area contributed by atoms with Crippen LogP contribution in [0.25, 0.3) is 0 Å². The highest BCUT2D eigenvalue weighted by Crippen LogP contribution is 2.31. The Hall–Kier alpha value is -1.01. The quantitative estimate of drug-likeness (QED) is 0.832. The monoisotopic (exact) mass is 267 g/mol. The fourth-order valence-electron chi connectivity index (χ4n) is 2.85. The number of hydrogen-bond donors (Lipinski definition) is 0. The molecule has 2 aliphatic rings. The van der Waals surface area contributed by atoms with Crippen LogP contribution < -0.4 is 0 Å². The van der Waals surface area contributed by atoms with E-state index < -0.39 is 0 Å². The van der Waals surface area contributed by atoms with Crippen LogP contribution in [0.1, 0.15) is 41.6 Å². The standard InChI is InChI=1S/C12H17N3O2S/c1-2-3-10-11(18-14-13-10)12(16)15-8-4-5-9(15)7-17-6-8/h8-9H,2-7H2,1H3/t8-,9-/m1/s1. The topological polar surface area (TPSA) is 55.3 Å². The van der Waals surface area contributed by atoms with Crippen LogP contribution in [-0.2, 0) is 11.2 Å². The Bertz CT molecular complexity index is 432. The molecule has 3 rings (SSSR count). The van der Waals surface area contributed by atoms with Crippen molar-refractivity contribution < 1.29 is 9.53 Å². The number of hydrogen-bond acceptors (Lipinski definition) is 5. The van der Waals surface area contributed by atoms with Gasteiger partial charge in [0.25, 0.3) is 5.91 Å². The summed E-state index contributed by atoms with van der Waals surface area (Å²) in [4.78, 5) is 15.4. The molecule has 98 valence electrons. The Kier molecular flexibility index (Phi) is 3.30. The highest BCUT2D eigenvalue weighted by Gasteiger charge is 2.41. The summed E-state index contributed by atoms with van der Waals surface area (Å²) in [5, 5.41) is 4.08. The number of fused-ring (bicyclic) bond motifs is 2. The fraction of sp³-hybridized carbons (Fsp3) is 0.750. The molecular formula is C12H17N3O2S. The van der Waals surface area contributed by atoms with E-state index in [1.165, 1.54) is 11.5 Å². The van der Waals surface area contributed by atoms with Crippen molar-refractivity contribution in [2.24, 2.45) is 0 Å². The molecule has 0 radical (unpaired) electrons. The average Bonchev–Trinajstić information content (AvgIpc) is 2.92.